The average Bonchev–Trinajstić information content (AvgIpc) is 2.17. The molecule has 0 radical (unpaired) electrons. The monoisotopic (exact) mass is 179 g/mol. The van der Waals surface area contributed by atoms with Gasteiger partial charge in [0.1, 0.15) is 0 Å². The van der Waals surface area contributed by atoms with Gasteiger partial charge in [-0.1, -0.05) is 19.1 Å². The van der Waals surface area contributed by atoms with Gasteiger partial charge in [-0.15, -0.1) is 0 Å². The smallest absolute Gasteiger partial charge is 0.0787 e. The molecule has 0 aliphatic rings. The summed E-state index contributed by atoms with van der Waals surface area (Å²) in [7, 11) is 4.01. The van der Waals surface area contributed by atoms with Crippen molar-refractivity contribution in [3.63, 3.8) is 0 Å². The minimum atomic E-state index is -0.323. The first-order chi connectivity index (χ1) is 6.15. The third kappa shape index (κ3) is 2.46. The molecule has 0 aromatic heterocycles. The predicted molar refractivity (Wildman–Crippen MR) is 56.0 cm³/mol. The van der Waals surface area contributed by atoms with Crippen LogP contribution in [0.5, 0.6) is 0 Å². The molecule has 0 heterocycles. The Kier molecular flexibility index (Phi) is 3.32. The molecule has 1 aromatic carbocycles. The molecule has 0 bridgehead atoms. The summed E-state index contributed by atoms with van der Waals surface area (Å²) >= 11 is 0. The molecule has 72 valence electrons. The zero-order valence-electron chi connectivity index (χ0n) is 8.49. The number of hydrogen-bond acceptors (Lipinski definition) is 2. The molecule has 1 aromatic rings. The number of rotatable bonds is 3. The molecule has 1 N–H and O–H groups in total. The van der Waals surface area contributed by atoms with Gasteiger partial charge >= 0.3 is 0 Å². The van der Waals surface area contributed by atoms with Crippen LogP contribution < -0.4 is 4.90 Å². The fourth-order valence-electron chi connectivity index (χ4n) is 1.23. The molecule has 1 rings (SSSR count). The second kappa shape index (κ2) is 4.28. The summed E-state index contributed by atoms with van der Waals surface area (Å²) in [6, 6.07) is 8.00. The van der Waals surface area contributed by atoms with Gasteiger partial charge in [0.2, 0.25) is 0 Å². The highest BCUT2D eigenvalue weighted by Crippen LogP contribution is 2.19. The van der Waals surface area contributed by atoms with Crippen molar-refractivity contribution in [2.45, 2.75) is 19.4 Å². The first-order valence-electron chi connectivity index (χ1n) is 4.60. The number of aliphatic hydroxyl groups is 1. The zero-order chi connectivity index (χ0) is 9.84. The molecule has 2 nitrogen and oxygen atoms in total. The summed E-state index contributed by atoms with van der Waals surface area (Å²) in [5.41, 5.74) is 2.15. The van der Waals surface area contributed by atoms with Gasteiger partial charge in [0.25, 0.3) is 0 Å². The number of hydrogen-bond donors (Lipinski definition) is 1. The van der Waals surface area contributed by atoms with Gasteiger partial charge < -0.3 is 10.0 Å². The first-order valence-corrected chi connectivity index (χ1v) is 4.60. The maximum atomic E-state index is 9.55. The topological polar surface area (TPSA) is 23.5 Å². The van der Waals surface area contributed by atoms with Crippen LogP contribution in [0.4, 0.5) is 5.69 Å². The summed E-state index contributed by atoms with van der Waals surface area (Å²) < 4.78 is 0. The van der Waals surface area contributed by atoms with Crippen LogP contribution in [0.3, 0.4) is 0 Å². The molecule has 1 atom stereocenters. The van der Waals surface area contributed by atoms with Crippen molar-refractivity contribution in [3.05, 3.63) is 29.8 Å². The fourth-order valence-corrected chi connectivity index (χ4v) is 1.23. The molecule has 0 unspecified atom stereocenters. The second-order valence-corrected chi connectivity index (χ2v) is 3.41. The van der Waals surface area contributed by atoms with E-state index in [1.54, 1.807) is 0 Å². The summed E-state index contributed by atoms with van der Waals surface area (Å²) in [4.78, 5) is 2.04. The van der Waals surface area contributed by atoms with Crippen LogP contribution in [0, 0.1) is 0 Å². The lowest BCUT2D eigenvalue weighted by atomic mass is 10.1. The normalized spacial score (nSPS) is 12.6. The lowest BCUT2D eigenvalue weighted by Crippen LogP contribution is -2.08. The maximum absolute atomic E-state index is 9.55. The third-order valence-electron chi connectivity index (χ3n) is 2.18. The molecule has 0 amide bonds. The Labute approximate surface area is 79.8 Å². The Hall–Kier alpha value is -1.02. The highest BCUT2D eigenvalue weighted by Gasteiger charge is 2.03. The van der Waals surface area contributed by atoms with Crippen LogP contribution in [-0.4, -0.2) is 19.2 Å². The molecule has 13 heavy (non-hydrogen) atoms. The van der Waals surface area contributed by atoms with Crippen molar-refractivity contribution in [2.75, 3.05) is 19.0 Å². The summed E-state index contributed by atoms with van der Waals surface area (Å²) in [5, 5.41) is 9.55. The largest absolute Gasteiger partial charge is 0.388 e. The van der Waals surface area contributed by atoms with Gasteiger partial charge in [-0.05, 0) is 24.1 Å². The van der Waals surface area contributed by atoms with Crippen LogP contribution in [0.1, 0.15) is 25.0 Å². The van der Waals surface area contributed by atoms with Crippen molar-refractivity contribution in [1.29, 1.82) is 0 Å². The standard InChI is InChI=1S/C11H17NO/c1-4-11(13)9-5-7-10(8-6-9)12(2)3/h5-8,11,13H,4H2,1-3H3/t11-/m0/s1. The van der Waals surface area contributed by atoms with Crippen molar-refractivity contribution in [1.82, 2.24) is 0 Å². The lowest BCUT2D eigenvalue weighted by molar-refractivity contribution is 0.173. The Morgan fingerprint density at radius 1 is 1.23 bits per heavy atom. The van der Waals surface area contributed by atoms with Gasteiger partial charge in [-0.3, -0.25) is 0 Å². The van der Waals surface area contributed by atoms with Crippen LogP contribution in [-0.2, 0) is 0 Å². The van der Waals surface area contributed by atoms with Gasteiger partial charge in [0, 0.05) is 19.8 Å². The van der Waals surface area contributed by atoms with E-state index in [0.717, 1.165) is 17.7 Å². The molecule has 0 aliphatic heterocycles. The first kappa shape index (κ1) is 10.1. The van der Waals surface area contributed by atoms with E-state index in [2.05, 4.69) is 0 Å². The molecule has 0 saturated carbocycles. The van der Waals surface area contributed by atoms with Gasteiger partial charge in [0.15, 0.2) is 0 Å². The zero-order valence-corrected chi connectivity index (χ0v) is 8.49. The van der Waals surface area contributed by atoms with Crippen LogP contribution >= 0.6 is 0 Å². The van der Waals surface area contributed by atoms with Crippen LogP contribution in [0.15, 0.2) is 24.3 Å². The SMILES string of the molecule is CC[C@H](O)c1ccc(N(C)C)cc1. The van der Waals surface area contributed by atoms with Crippen LogP contribution in [0.25, 0.3) is 0 Å². The van der Waals surface area contributed by atoms with E-state index in [1.807, 2.05) is 50.2 Å². The Bertz CT molecular complexity index is 253. The van der Waals surface area contributed by atoms with E-state index in [1.165, 1.54) is 0 Å². The minimum absolute atomic E-state index is 0.323. The minimum Gasteiger partial charge on any atom is -0.388 e. The van der Waals surface area contributed by atoms with Crippen molar-refractivity contribution in [3.8, 4) is 0 Å². The Morgan fingerprint density at radius 3 is 2.15 bits per heavy atom. The summed E-state index contributed by atoms with van der Waals surface area (Å²) in [5.74, 6) is 0. The highest BCUT2D eigenvalue weighted by atomic mass is 16.3. The van der Waals surface area contributed by atoms with Crippen molar-refractivity contribution >= 4 is 5.69 Å². The van der Waals surface area contributed by atoms with E-state index in [0.29, 0.717) is 0 Å². The maximum Gasteiger partial charge on any atom is 0.0787 e. The number of anilines is 1. The van der Waals surface area contributed by atoms with E-state index in [4.69, 9.17) is 0 Å². The molecule has 0 fully saturated rings. The van der Waals surface area contributed by atoms with Crippen molar-refractivity contribution in [2.24, 2.45) is 0 Å². The average molecular weight is 179 g/mol. The Morgan fingerprint density at radius 2 is 1.77 bits per heavy atom. The molecule has 2 heteroatoms. The van der Waals surface area contributed by atoms with Gasteiger partial charge in [-0.2, -0.15) is 0 Å². The van der Waals surface area contributed by atoms with E-state index in [9.17, 15) is 5.11 Å². The molecule has 0 saturated heterocycles. The number of nitrogens with zero attached hydrogens (tertiary/aromatic N) is 1. The lowest BCUT2D eigenvalue weighted by Gasteiger charge is -2.14. The molecular weight excluding hydrogens is 162 g/mol. The molecule has 0 spiro atoms. The molecule has 0 aliphatic carbocycles. The van der Waals surface area contributed by atoms with Gasteiger partial charge in [-0.25, -0.2) is 0 Å². The van der Waals surface area contributed by atoms with E-state index >= 15 is 0 Å². The summed E-state index contributed by atoms with van der Waals surface area (Å²) in [6.07, 6.45) is 0.442. The Balaban J connectivity index is 2.81. The quantitative estimate of drug-likeness (QED) is 0.769. The number of benzene rings is 1. The number of aliphatic hydroxyl groups excluding tert-OH is 1. The molecular formula is C11H17NO. The van der Waals surface area contributed by atoms with E-state index in [-0.39, 0.29) is 6.10 Å². The second-order valence-electron chi connectivity index (χ2n) is 3.41. The van der Waals surface area contributed by atoms with E-state index < -0.39 is 0 Å². The highest BCUT2D eigenvalue weighted by molar-refractivity contribution is 5.46. The fraction of sp³-hybridized carbons (Fsp3) is 0.455. The third-order valence-corrected chi connectivity index (χ3v) is 2.18. The van der Waals surface area contributed by atoms with Gasteiger partial charge in [0.05, 0.1) is 6.10 Å². The van der Waals surface area contributed by atoms with Crippen LogP contribution in [0.2, 0.25) is 0 Å². The predicted octanol–water partition coefficient (Wildman–Crippen LogP) is 2.20. The van der Waals surface area contributed by atoms with Crippen molar-refractivity contribution < 1.29 is 5.11 Å². The summed E-state index contributed by atoms with van der Waals surface area (Å²) in [6.45, 7) is 1.98.